The van der Waals surface area contributed by atoms with Crippen LogP contribution in [0.15, 0.2) is 0 Å². The fourth-order valence-corrected chi connectivity index (χ4v) is 1.36. The highest BCUT2D eigenvalue weighted by molar-refractivity contribution is 5.67. The lowest BCUT2D eigenvalue weighted by Crippen LogP contribution is -2.13. The fraction of sp³-hybridized carbons (Fsp3) is 0.667. The van der Waals surface area contributed by atoms with Crippen LogP contribution in [0, 0.1) is 0 Å². The van der Waals surface area contributed by atoms with Crippen molar-refractivity contribution < 1.29 is 9.47 Å². The van der Waals surface area contributed by atoms with Gasteiger partial charge in [-0.05, 0) is 6.92 Å². The molecule has 0 fully saturated rings. The van der Waals surface area contributed by atoms with Crippen molar-refractivity contribution in [2.24, 2.45) is 0 Å². The van der Waals surface area contributed by atoms with E-state index in [1.165, 1.54) is 0 Å². The first kappa shape index (κ1) is 14.5. The van der Waals surface area contributed by atoms with Crippen LogP contribution in [-0.2, 0) is 4.74 Å². The molecule has 0 spiro atoms. The molecular formula is C12H22N4O2. The van der Waals surface area contributed by atoms with Crippen molar-refractivity contribution in [3.8, 4) is 5.88 Å². The van der Waals surface area contributed by atoms with Crippen LogP contribution < -0.4 is 15.8 Å². The topological polar surface area (TPSA) is 82.3 Å². The predicted octanol–water partition coefficient (Wildman–Crippen LogP) is 1.64. The predicted molar refractivity (Wildman–Crippen MR) is 72.1 cm³/mol. The molecule has 18 heavy (non-hydrogen) atoms. The van der Waals surface area contributed by atoms with Crippen LogP contribution >= 0.6 is 0 Å². The maximum Gasteiger partial charge on any atom is 0.242 e. The number of nitrogens with one attached hydrogen (secondary N) is 1. The van der Waals surface area contributed by atoms with Gasteiger partial charge in [0, 0.05) is 19.6 Å². The van der Waals surface area contributed by atoms with Crippen LogP contribution in [0.2, 0.25) is 0 Å². The number of anilines is 2. The largest absolute Gasteiger partial charge is 0.474 e. The Morgan fingerprint density at radius 1 is 1.28 bits per heavy atom. The standard InChI is InChI=1S/C12H22N4O2/c1-5-14-11-9(13)12(18-7-6-17-4)16-10(15-11)8(2)3/h8H,5-7,13H2,1-4H3,(H,14,15,16). The second kappa shape index (κ2) is 7.00. The lowest BCUT2D eigenvalue weighted by molar-refractivity contribution is 0.144. The zero-order chi connectivity index (χ0) is 13.5. The number of ether oxygens (including phenoxy) is 2. The SMILES string of the molecule is CCNc1nc(C(C)C)nc(OCCOC)c1N. The Hall–Kier alpha value is -1.56. The third-order valence-corrected chi connectivity index (χ3v) is 2.31. The van der Waals surface area contributed by atoms with Crippen molar-refractivity contribution in [3.05, 3.63) is 5.82 Å². The molecule has 3 N–H and O–H groups in total. The van der Waals surface area contributed by atoms with Crippen molar-refractivity contribution in [2.45, 2.75) is 26.7 Å². The number of hydrogen-bond acceptors (Lipinski definition) is 6. The monoisotopic (exact) mass is 254 g/mol. The summed E-state index contributed by atoms with van der Waals surface area (Å²) in [5.74, 6) is 1.98. The third kappa shape index (κ3) is 3.73. The summed E-state index contributed by atoms with van der Waals surface area (Å²) in [7, 11) is 1.62. The Morgan fingerprint density at radius 2 is 2.00 bits per heavy atom. The minimum atomic E-state index is 0.216. The van der Waals surface area contributed by atoms with Crippen LogP contribution in [0.3, 0.4) is 0 Å². The molecule has 0 aromatic carbocycles. The van der Waals surface area contributed by atoms with Crippen LogP contribution in [0.1, 0.15) is 32.5 Å². The summed E-state index contributed by atoms with van der Waals surface area (Å²) in [5, 5.41) is 3.11. The molecule has 1 rings (SSSR count). The summed E-state index contributed by atoms with van der Waals surface area (Å²) < 4.78 is 10.4. The first-order chi connectivity index (χ1) is 8.60. The highest BCUT2D eigenvalue weighted by Crippen LogP contribution is 2.28. The summed E-state index contributed by atoms with van der Waals surface area (Å²) in [6, 6.07) is 0. The van der Waals surface area contributed by atoms with E-state index in [4.69, 9.17) is 15.2 Å². The maximum atomic E-state index is 5.97. The van der Waals surface area contributed by atoms with Gasteiger partial charge in [0.05, 0.1) is 6.61 Å². The molecule has 0 aliphatic carbocycles. The van der Waals surface area contributed by atoms with Gasteiger partial charge in [-0.2, -0.15) is 4.98 Å². The van der Waals surface area contributed by atoms with E-state index < -0.39 is 0 Å². The Labute approximate surface area is 108 Å². The molecule has 1 aromatic heterocycles. The maximum absolute atomic E-state index is 5.97. The van der Waals surface area contributed by atoms with Gasteiger partial charge in [-0.25, -0.2) is 4.98 Å². The zero-order valence-electron chi connectivity index (χ0n) is 11.5. The van der Waals surface area contributed by atoms with Gasteiger partial charge in [-0.15, -0.1) is 0 Å². The normalized spacial score (nSPS) is 10.7. The van der Waals surface area contributed by atoms with Gasteiger partial charge in [-0.1, -0.05) is 13.8 Å². The first-order valence-electron chi connectivity index (χ1n) is 6.13. The van der Waals surface area contributed by atoms with E-state index in [1.807, 2.05) is 20.8 Å². The highest BCUT2D eigenvalue weighted by atomic mass is 16.5. The van der Waals surface area contributed by atoms with Crippen molar-refractivity contribution in [3.63, 3.8) is 0 Å². The minimum Gasteiger partial charge on any atom is -0.474 e. The Kier molecular flexibility index (Phi) is 5.64. The van der Waals surface area contributed by atoms with E-state index in [0.717, 1.165) is 6.54 Å². The fourth-order valence-electron chi connectivity index (χ4n) is 1.36. The Morgan fingerprint density at radius 3 is 2.56 bits per heavy atom. The van der Waals surface area contributed by atoms with Gasteiger partial charge >= 0.3 is 0 Å². The van der Waals surface area contributed by atoms with E-state index in [9.17, 15) is 0 Å². The second-order valence-corrected chi connectivity index (χ2v) is 4.18. The van der Waals surface area contributed by atoms with Gasteiger partial charge in [-0.3, -0.25) is 0 Å². The van der Waals surface area contributed by atoms with E-state index in [-0.39, 0.29) is 5.92 Å². The van der Waals surface area contributed by atoms with Gasteiger partial charge < -0.3 is 20.5 Å². The molecule has 0 aliphatic heterocycles. The average Bonchev–Trinajstić information content (AvgIpc) is 2.33. The number of nitrogens with zero attached hydrogens (tertiary/aromatic N) is 2. The van der Waals surface area contributed by atoms with Crippen molar-refractivity contribution in [1.29, 1.82) is 0 Å². The van der Waals surface area contributed by atoms with Crippen LogP contribution in [0.5, 0.6) is 5.88 Å². The van der Waals surface area contributed by atoms with Gasteiger partial charge in [0.15, 0.2) is 5.82 Å². The first-order valence-corrected chi connectivity index (χ1v) is 6.13. The molecule has 0 amide bonds. The number of aromatic nitrogens is 2. The molecule has 0 radical (unpaired) electrons. The molecule has 0 atom stereocenters. The van der Waals surface area contributed by atoms with Gasteiger partial charge in [0.1, 0.15) is 18.1 Å². The van der Waals surface area contributed by atoms with Crippen LogP contribution in [-0.4, -0.2) is 36.8 Å². The summed E-state index contributed by atoms with van der Waals surface area (Å²) in [4.78, 5) is 8.72. The van der Waals surface area contributed by atoms with Crippen molar-refractivity contribution in [2.75, 3.05) is 37.9 Å². The number of methoxy groups -OCH3 is 1. The van der Waals surface area contributed by atoms with Gasteiger partial charge in [0.25, 0.3) is 0 Å². The molecule has 0 saturated carbocycles. The molecule has 6 nitrogen and oxygen atoms in total. The van der Waals surface area contributed by atoms with Crippen molar-refractivity contribution >= 4 is 11.5 Å². The summed E-state index contributed by atoms with van der Waals surface area (Å²) in [6.07, 6.45) is 0. The molecule has 1 aromatic rings. The van der Waals surface area contributed by atoms with E-state index >= 15 is 0 Å². The zero-order valence-corrected chi connectivity index (χ0v) is 11.5. The summed E-state index contributed by atoms with van der Waals surface area (Å²) in [5.41, 5.74) is 6.41. The quantitative estimate of drug-likeness (QED) is 0.720. The van der Waals surface area contributed by atoms with Crippen LogP contribution in [0.4, 0.5) is 11.5 Å². The molecule has 0 bridgehead atoms. The van der Waals surface area contributed by atoms with Crippen molar-refractivity contribution in [1.82, 2.24) is 9.97 Å². The lowest BCUT2D eigenvalue weighted by atomic mass is 10.2. The van der Waals surface area contributed by atoms with E-state index in [2.05, 4.69) is 15.3 Å². The number of nitrogens with two attached hydrogens (primary N) is 1. The Bertz CT molecular complexity index is 383. The summed E-state index contributed by atoms with van der Waals surface area (Å²) >= 11 is 0. The molecular weight excluding hydrogens is 232 g/mol. The average molecular weight is 254 g/mol. The van der Waals surface area contributed by atoms with E-state index in [0.29, 0.717) is 36.4 Å². The smallest absolute Gasteiger partial charge is 0.242 e. The molecule has 0 unspecified atom stereocenters. The molecule has 1 heterocycles. The molecule has 102 valence electrons. The number of hydrogen-bond donors (Lipinski definition) is 2. The molecule has 0 saturated heterocycles. The number of nitrogen functional groups attached to an aromatic ring is 1. The van der Waals surface area contributed by atoms with Gasteiger partial charge in [0.2, 0.25) is 5.88 Å². The minimum absolute atomic E-state index is 0.216. The molecule has 0 aliphatic rings. The lowest BCUT2D eigenvalue weighted by Gasteiger charge is -2.14. The highest BCUT2D eigenvalue weighted by Gasteiger charge is 2.14. The number of rotatable bonds is 7. The Balaban J connectivity index is 2.98. The van der Waals surface area contributed by atoms with Crippen LogP contribution in [0.25, 0.3) is 0 Å². The molecule has 6 heteroatoms. The second-order valence-electron chi connectivity index (χ2n) is 4.18. The third-order valence-electron chi connectivity index (χ3n) is 2.31. The summed E-state index contributed by atoms with van der Waals surface area (Å²) in [6.45, 7) is 7.70. The van der Waals surface area contributed by atoms with E-state index in [1.54, 1.807) is 7.11 Å².